The molecule has 0 spiro atoms. The smallest absolute Gasteiger partial charge is 0.0978 e. The molecular formula is C14H14ClNO. The molecule has 0 aliphatic carbocycles. The van der Waals surface area contributed by atoms with E-state index in [4.69, 9.17) is 11.6 Å². The maximum absolute atomic E-state index is 10.0. The number of rotatable bonds is 4. The molecule has 3 heteroatoms. The lowest BCUT2D eigenvalue weighted by molar-refractivity contribution is 0.163. The van der Waals surface area contributed by atoms with Crippen molar-refractivity contribution in [1.82, 2.24) is 4.98 Å². The molecule has 17 heavy (non-hydrogen) atoms. The van der Waals surface area contributed by atoms with Gasteiger partial charge in [-0.25, -0.2) is 0 Å². The van der Waals surface area contributed by atoms with Gasteiger partial charge in [-0.05, 0) is 30.5 Å². The van der Waals surface area contributed by atoms with E-state index in [9.17, 15) is 5.11 Å². The lowest BCUT2D eigenvalue weighted by atomic mass is 10.0. The molecular weight excluding hydrogens is 234 g/mol. The van der Waals surface area contributed by atoms with Gasteiger partial charge in [-0.2, -0.15) is 0 Å². The second-order valence-corrected chi connectivity index (χ2v) is 4.32. The zero-order valence-corrected chi connectivity index (χ0v) is 10.1. The van der Waals surface area contributed by atoms with E-state index in [1.54, 1.807) is 18.3 Å². The molecule has 2 rings (SSSR count). The van der Waals surface area contributed by atoms with Gasteiger partial charge in [-0.3, -0.25) is 4.98 Å². The van der Waals surface area contributed by atoms with Gasteiger partial charge >= 0.3 is 0 Å². The van der Waals surface area contributed by atoms with Gasteiger partial charge in [0.05, 0.1) is 16.8 Å². The Morgan fingerprint density at radius 3 is 2.59 bits per heavy atom. The third-order valence-electron chi connectivity index (χ3n) is 2.65. The standard InChI is InChI=1S/C14H14ClNO/c15-12-7-4-10-16-14(12)13(17)9-8-11-5-2-1-3-6-11/h1-7,10,13,17H,8-9H2. The van der Waals surface area contributed by atoms with Crippen molar-refractivity contribution in [2.45, 2.75) is 18.9 Å². The first kappa shape index (κ1) is 12.1. The van der Waals surface area contributed by atoms with Crippen LogP contribution < -0.4 is 0 Å². The minimum absolute atomic E-state index is 0.521. The maximum atomic E-state index is 10.0. The van der Waals surface area contributed by atoms with Crippen molar-refractivity contribution in [3.05, 3.63) is 64.9 Å². The van der Waals surface area contributed by atoms with Crippen LogP contribution >= 0.6 is 11.6 Å². The molecule has 0 saturated heterocycles. The third-order valence-corrected chi connectivity index (χ3v) is 2.97. The molecule has 0 bridgehead atoms. The van der Waals surface area contributed by atoms with Crippen molar-refractivity contribution in [2.75, 3.05) is 0 Å². The van der Waals surface area contributed by atoms with E-state index in [0.717, 1.165) is 6.42 Å². The van der Waals surface area contributed by atoms with Crippen LogP contribution in [0, 0.1) is 0 Å². The van der Waals surface area contributed by atoms with E-state index in [1.165, 1.54) is 5.56 Å². The van der Waals surface area contributed by atoms with Gasteiger partial charge in [-0.1, -0.05) is 41.9 Å². The van der Waals surface area contributed by atoms with Gasteiger partial charge < -0.3 is 5.11 Å². The molecule has 1 aromatic heterocycles. The Bertz CT molecular complexity index is 473. The van der Waals surface area contributed by atoms with Crippen LogP contribution in [0.1, 0.15) is 23.8 Å². The number of hydrogen-bond acceptors (Lipinski definition) is 2. The molecule has 0 aliphatic heterocycles. The largest absolute Gasteiger partial charge is 0.387 e. The third kappa shape index (κ3) is 3.29. The fourth-order valence-electron chi connectivity index (χ4n) is 1.73. The minimum atomic E-state index is -0.607. The number of aryl methyl sites for hydroxylation is 1. The average molecular weight is 248 g/mol. The van der Waals surface area contributed by atoms with Crippen LogP contribution in [0.4, 0.5) is 0 Å². The molecule has 0 amide bonds. The van der Waals surface area contributed by atoms with Crippen molar-refractivity contribution in [3.63, 3.8) is 0 Å². The van der Waals surface area contributed by atoms with Crippen LogP contribution in [0.15, 0.2) is 48.7 Å². The van der Waals surface area contributed by atoms with Gasteiger partial charge in [0, 0.05) is 6.20 Å². The van der Waals surface area contributed by atoms with Gasteiger partial charge in [0.1, 0.15) is 0 Å². The molecule has 0 aliphatic rings. The molecule has 1 unspecified atom stereocenters. The lowest BCUT2D eigenvalue weighted by Crippen LogP contribution is -2.02. The number of benzene rings is 1. The van der Waals surface area contributed by atoms with E-state index in [-0.39, 0.29) is 0 Å². The van der Waals surface area contributed by atoms with Gasteiger partial charge in [0.2, 0.25) is 0 Å². The maximum Gasteiger partial charge on any atom is 0.0978 e. The minimum Gasteiger partial charge on any atom is -0.387 e. The number of aliphatic hydroxyl groups is 1. The van der Waals surface area contributed by atoms with Crippen LogP contribution in [0.2, 0.25) is 5.02 Å². The van der Waals surface area contributed by atoms with E-state index < -0.39 is 6.10 Å². The topological polar surface area (TPSA) is 33.1 Å². The molecule has 1 atom stereocenters. The van der Waals surface area contributed by atoms with E-state index in [1.807, 2.05) is 30.3 Å². The fraction of sp³-hybridized carbons (Fsp3) is 0.214. The van der Waals surface area contributed by atoms with Gasteiger partial charge in [-0.15, -0.1) is 0 Å². The summed E-state index contributed by atoms with van der Waals surface area (Å²) in [6.45, 7) is 0. The zero-order chi connectivity index (χ0) is 12.1. The molecule has 88 valence electrons. The lowest BCUT2D eigenvalue weighted by Gasteiger charge is -2.11. The normalized spacial score (nSPS) is 12.4. The first-order valence-electron chi connectivity index (χ1n) is 5.60. The van der Waals surface area contributed by atoms with Gasteiger partial charge in [0.25, 0.3) is 0 Å². The highest BCUT2D eigenvalue weighted by Gasteiger charge is 2.12. The Morgan fingerprint density at radius 1 is 1.12 bits per heavy atom. The molecule has 0 radical (unpaired) electrons. The van der Waals surface area contributed by atoms with Crippen LogP contribution in [0.25, 0.3) is 0 Å². The highest BCUT2D eigenvalue weighted by molar-refractivity contribution is 6.31. The Labute approximate surface area is 106 Å². The second kappa shape index (κ2) is 5.80. The highest BCUT2D eigenvalue weighted by Crippen LogP contribution is 2.23. The van der Waals surface area contributed by atoms with Crippen LogP contribution in [0.3, 0.4) is 0 Å². The molecule has 1 aromatic carbocycles. The molecule has 2 nitrogen and oxygen atoms in total. The number of halogens is 1. The van der Waals surface area contributed by atoms with E-state index in [0.29, 0.717) is 17.1 Å². The molecule has 0 fully saturated rings. The van der Waals surface area contributed by atoms with Crippen molar-refractivity contribution >= 4 is 11.6 Å². The Morgan fingerprint density at radius 2 is 1.88 bits per heavy atom. The quantitative estimate of drug-likeness (QED) is 0.898. The first-order chi connectivity index (χ1) is 8.27. The fourth-order valence-corrected chi connectivity index (χ4v) is 1.98. The van der Waals surface area contributed by atoms with E-state index >= 15 is 0 Å². The molecule has 1 N–H and O–H groups in total. The molecule has 2 aromatic rings. The summed E-state index contributed by atoms with van der Waals surface area (Å²) in [5, 5.41) is 10.5. The summed E-state index contributed by atoms with van der Waals surface area (Å²) in [4.78, 5) is 4.11. The van der Waals surface area contributed by atoms with Crippen LogP contribution in [0.5, 0.6) is 0 Å². The summed E-state index contributed by atoms with van der Waals surface area (Å²) < 4.78 is 0. The summed E-state index contributed by atoms with van der Waals surface area (Å²) >= 11 is 5.98. The summed E-state index contributed by atoms with van der Waals surface area (Å²) in [7, 11) is 0. The summed E-state index contributed by atoms with van der Waals surface area (Å²) in [5.41, 5.74) is 1.77. The number of aliphatic hydroxyl groups excluding tert-OH is 1. The number of aromatic nitrogens is 1. The predicted molar refractivity (Wildman–Crippen MR) is 69.0 cm³/mol. The molecule has 1 heterocycles. The highest BCUT2D eigenvalue weighted by atomic mass is 35.5. The van der Waals surface area contributed by atoms with Crippen molar-refractivity contribution in [2.24, 2.45) is 0 Å². The Balaban J connectivity index is 1.99. The second-order valence-electron chi connectivity index (χ2n) is 3.91. The van der Waals surface area contributed by atoms with Crippen molar-refractivity contribution in [3.8, 4) is 0 Å². The van der Waals surface area contributed by atoms with Gasteiger partial charge in [0.15, 0.2) is 0 Å². The van der Waals surface area contributed by atoms with Crippen molar-refractivity contribution < 1.29 is 5.11 Å². The van der Waals surface area contributed by atoms with Crippen molar-refractivity contribution in [1.29, 1.82) is 0 Å². The summed E-state index contributed by atoms with van der Waals surface area (Å²) in [5.74, 6) is 0. The number of nitrogens with zero attached hydrogens (tertiary/aromatic N) is 1. The average Bonchev–Trinajstić information content (AvgIpc) is 2.38. The SMILES string of the molecule is OC(CCc1ccccc1)c1ncccc1Cl. The summed E-state index contributed by atoms with van der Waals surface area (Å²) in [6.07, 6.45) is 2.48. The van der Waals surface area contributed by atoms with E-state index in [2.05, 4.69) is 4.98 Å². The Hall–Kier alpha value is -1.38. The number of pyridine rings is 1. The van der Waals surface area contributed by atoms with Crippen LogP contribution in [-0.2, 0) is 6.42 Å². The predicted octanol–water partition coefficient (Wildman–Crippen LogP) is 3.40. The number of hydrogen-bond donors (Lipinski definition) is 1. The molecule has 0 saturated carbocycles. The summed E-state index contributed by atoms with van der Waals surface area (Å²) in [6, 6.07) is 13.6. The van der Waals surface area contributed by atoms with Crippen LogP contribution in [-0.4, -0.2) is 10.1 Å². The zero-order valence-electron chi connectivity index (χ0n) is 9.38. The first-order valence-corrected chi connectivity index (χ1v) is 5.97. The Kier molecular flexibility index (Phi) is 4.13. The monoisotopic (exact) mass is 247 g/mol.